The van der Waals surface area contributed by atoms with Crippen molar-refractivity contribution in [3.8, 4) is 5.75 Å². The largest absolute Gasteiger partial charge is 0.505 e. The number of fused-ring (bicyclic) bond motifs is 1. The summed E-state index contributed by atoms with van der Waals surface area (Å²) >= 11 is 0. The van der Waals surface area contributed by atoms with Crippen LogP contribution in [-0.4, -0.2) is 10.1 Å². The number of hydrogen-bond donors (Lipinski definition) is 2. The summed E-state index contributed by atoms with van der Waals surface area (Å²) in [5.74, 6) is 0.507. The Kier molecular flexibility index (Phi) is 4.19. The van der Waals surface area contributed by atoms with Crippen molar-refractivity contribution in [1.29, 1.82) is 0 Å². The number of nitrogens with one attached hydrogen (secondary N) is 2. The number of H-pyrrole nitrogens is 1. The molecule has 128 valence electrons. The summed E-state index contributed by atoms with van der Waals surface area (Å²) < 4.78 is 13.8. The number of nitrogens with zero attached hydrogens (tertiary/aromatic N) is 1. The highest BCUT2D eigenvalue weighted by atomic mass is 19.1. The summed E-state index contributed by atoms with van der Waals surface area (Å²) in [7, 11) is 0. The second-order valence-electron chi connectivity index (χ2n) is 5.99. The number of rotatable bonds is 4. The number of pyridine rings is 2. The van der Waals surface area contributed by atoms with Crippen LogP contribution in [0.5, 0.6) is 5.75 Å². The van der Waals surface area contributed by atoms with Gasteiger partial charge in [0.25, 0.3) is 5.82 Å². The lowest BCUT2D eigenvalue weighted by Gasteiger charge is -2.17. The van der Waals surface area contributed by atoms with Gasteiger partial charge >= 0.3 is 0 Å². The van der Waals surface area contributed by atoms with Crippen LogP contribution in [-0.2, 0) is 0 Å². The molecule has 2 heterocycles. The van der Waals surface area contributed by atoms with Gasteiger partial charge in [0.15, 0.2) is 0 Å². The third-order valence-corrected chi connectivity index (χ3v) is 4.28. The third kappa shape index (κ3) is 3.07. The Balaban J connectivity index is 1.86. The van der Waals surface area contributed by atoms with Gasteiger partial charge in [0.1, 0.15) is 23.1 Å². The fourth-order valence-corrected chi connectivity index (χ4v) is 3.04. The quantitative estimate of drug-likeness (QED) is 0.585. The zero-order valence-corrected chi connectivity index (χ0v) is 13.9. The van der Waals surface area contributed by atoms with E-state index in [4.69, 9.17) is 0 Å². The molecule has 0 aliphatic rings. The molecule has 26 heavy (non-hydrogen) atoms. The molecule has 0 aliphatic heterocycles. The summed E-state index contributed by atoms with van der Waals surface area (Å²) in [6, 6.07) is 19.0. The maximum absolute atomic E-state index is 13.8. The van der Waals surface area contributed by atoms with Crippen molar-refractivity contribution in [3.05, 3.63) is 96.1 Å². The molecule has 0 bridgehead atoms. The molecule has 3 N–H and O–H groups in total. The van der Waals surface area contributed by atoms with Crippen LogP contribution in [0.15, 0.2) is 79.1 Å². The molecule has 0 fully saturated rings. The number of aromatic nitrogens is 2. The lowest BCUT2D eigenvalue weighted by atomic mass is 9.96. The molecule has 0 amide bonds. The molecule has 0 saturated carbocycles. The average molecular weight is 346 g/mol. The topological polar surface area (TPSA) is 59.3 Å². The minimum Gasteiger partial charge on any atom is -0.505 e. The smallest absolute Gasteiger partial charge is 0.272 e. The minimum absolute atomic E-state index is 0.0841. The first-order valence-electron chi connectivity index (χ1n) is 8.28. The number of phenolic OH excluding ortho intramolecular Hbond substituents is 1. The maximum Gasteiger partial charge on any atom is 0.272 e. The standard InChI is InChI=1S/C21H16FN3O/c22-16-7-3-5-15(13-16)19(25-18-8-1-2-11-23-18)17-10-9-14-6-4-12-24-20(14)21(17)26/h1-13,19,26H,(H,23,25)/p+1/t19-/m1/s1. The predicted octanol–water partition coefficient (Wildman–Crippen LogP) is 4.10. The lowest BCUT2D eigenvalue weighted by Crippen LogP contribution is -2.19. The molecule has 1 atom stereocenters. The molecule has 4 nitrogen and oxygen atoms in total. The Morgan fingerprint density at radius 1 is 1.00 bits per heavy atom. The third-order valence-electron chi connectivity index (χ3n) is 4.28. The molecule has 4 aromatic rings. The second kappa shape index (κ2) is 6.80. The summed E-state index contributed by atoms with van der Waals surface area (Å²) in [6.45, 7) is 0. The lowest BCUT2D eigenvalue weighted by molar-refractivity contribution is -0.361. The van der Waals surface area contributed by atoms with Gasteiger partial charge in [-0.15, -0.1) is 0 Å². The van der Waals surface area contributed by atoms with Crippen molar-refractivity contribution in [1.82, 2.24) is 4.98 Å². The Bertz CT molecular complexity index is 1050. The zero-order chi connectivity index (χ0) is 17.9. The van der Waals surface area contributed by atoms with Gasteiger partial charge in [0.05, 0.1) is 6.20 Å². The van der Waals surface area contributed by atoms with Crippen LogP contribution in [0.4, 0.5) is 10.2 Å². The van der Waals surface area contributed by atoms with E-state index in [1.165, 1.54) is 12.1 Å². The molecule has 0 aliphatic carbocycles. The van der Waals surface area contributed by atoms with Crippen molar-refractivity contribution < 1.29 is 14.5 Å². The van der Waals surface area contributed by atoms with Gasteiger partial charge in [0, 0.05) is 28.8 Å². The fourth-order valence-electron chi connectivity index (χ4n) is 3.04. The van der Waals surface area contributed by atoms with Gasteiger partial charge < -0.3 is 5.11 Å². The first-order chi connectivity index (χ1) is 12.7. The van der Waals surface area contributed by atoms with Crippen molar-refractivity contribution in [2.24, 2.45) is 0 Å². The summed E-state index contributed by atoms with van der Waals surface area (Å²) in [6.07, 6.45) is 3.44. The van der Waals surface area contributed by atoms with Crippen LogP contribution in [0.3, 0.4) is 0 Å². The molecular formula is C21H17FN3O+. The zero-order valence-electron chi connectivity index (χ0n) is 13.9. The van der Waals surface area contributed by atoms with Crippen molar-refractivity contribution >= 4 is 16.7 Å². The molecule has 0 radical (unpaired) electrons. The molecule has 5 heteroatoms. The summed E-state index contributed by atoms with van der Waals surface area (Å²) in [4.78, 5) is 7.39. The van der Waals surface area contributed by atoms with E-state index in [1.807, 2.05) is 48.5 Å². The van der Waals surface area contributed by atoms with Gasteiger partial charge in [-0.25, -0.2) is 9.37 Å². The number of aromatic hydroxyl groups is 1. The number of phenols is 1. The first-order valence-corrected chi connectivity index (χ1v) is 8.28. The highest BCUT2D eigenvalue weighted by Gasteiger charge is 2.24. The Labute approximate surface area is 150 Å². The van der Waals surface area contributed by atoms with Crippen LogP contribution in [0.25, 0.3) is 10.9 Å². The average Bonchev–Trinajstić information content (AvgIpc) is 2.68. The monoisotopic (exact) mass is 346 g/mol. The van der Waals surface area contributed by atoms with E-state index in [2.05, 4.69) is 15.3 Å². The highest BCUT2D eigenvalue weighted by Crippen LogP contribution is 2.36. The van der Waals surface area contributed by atoms with E-state index in [-0.39, 0.29) is 11.6 Å². The molecule has 2 aromatic carbocycles. The highest BCUT2D eigenvalue weighted by molar-refractivity contribution is 5.85. The fraction of sp³-hybridized carbons (Fsp3) is 0.0476. The number of aromatic amines is 1. The molecule has 2 aromatic heterocycles. The van der Waals surface area contributed by atoms with Crippen LogP contribution in [0.2, 0.25) is 0 Å². The predicted molar refractivity (Wildman–Crippen MR) is 98.3 cm³/mol. The van der Waals surface area contributed by atoms with E-state index in [1.54, 1.807) is 18.5 Å². The first kappa shape index (κ1) is 16.0. The van der Waals surface area contributed by atoms with Crippen LogP contribution < -0.4 is 10.3 Å². The summed E-state index contributed by atoms with van der Waals surface area (Å²) in [5, 5.41) is 15.0. The molecule has 0 spiro atoms. The Hall–Kier alpha value is -3.47. The SMILES string of the molecule is Oc1c([C@H](Nc2cccc[nH+]2)c2cccc(F)c2)ccc2cccnc12. The van der Waals surface area contributed by atoms with E-state index < -0.39 is 6.04 Å². The number of benzene rings is 2. The number of hydrogen-bond acceptors (Lipinski definition) is 3. The van der Waals surface area contributed by atoms with Crippen LogP contribution in [0.1, 0.15) is 17.2 Å². The molecular weight excluding hydrogens is 329 g/mol. The second-order valence-corrected chi connectivity index (χ2v) is 5.99. The van der Waals surface area contributed by atoms with Crippen molar-refractivity contribution in [3.63, 3.8) is 0 Å². The molecule has 4 rings (SSSR count). The molecule has 0 unspecified atom stereocenters. The van der Waals surface area contributed by atoms with Crippen LogP contribution in [0, 0.1) is 5.82 Å². The van der Waals surface area contributed by atoms with Crippen molar-refractivity contribution in [2.75, 3.05) is 5.32 Å². The van der Waals surface area contributed by atoms with Gasteiger partial charge in [-0.2, -0.15) is 0 Å². The van der Waals surface area contributed by atoms with Gasteiger partial charge in [-0.1, -0.05) is 30.3 Å². The maximum atomic E-state index is 13.8. The van der Waals surface area contributed by atoms with Crippen LogP contribution >= 0.6 is 0 Å². The summed E-state index contributed by atoms with van der Waals surface area (Å²) in [5.41, 5.74) is 1.84. The Morgan fingerprint density at radius 2 is 1.92 bits per heavy atom. The van der Waals surface area contributed by atoms with Gasteiger partial charge in [-0.3, -0.25) is 10.3 Å². The number of anilines is 1. The van der Waals surface area contributed by atoms with E-state index >= 15 is 0 Å². The van der Waals surface area contributed by atoms with E-state index in [9.17, 15) is 9.50 Å². The van der Waals surface area contributed by atoms with E-state index in [0.717, 1.165) is 11.2 Å². The van der Waals surface area contributed by atoms with Gasteiger partial charge in [0.2, 0.25) is 0 Å². The minimum atomic E-state index is -0.448. The normalized spacial score (nSPS) is 12.0. The Morgan fingerprint density at radius 3 is 2.73 bits per heavy atom. The van der Waals surface area contributed by atoms with Crippen molar-refractivity contribution in [2.45, 2.75) is 6.04 Å². The molecule has 0 saturated heterocycles. The number of halogens is 1. The van der Waals surface area contributed by atoms with E-state index in [0.29, 0.717) is 16.6 Å². The van der Waals surface area contributed by atoms with Gasteiger partial charge in [-0.05, 0) is 30.3 Å².